The molecule has 0 heterocycles. The van der Waals surface area contributed by atoms with Gasteiger partial charge in [-0.05, 0) is 19.3 Å². The van der Waals surface area contributed by atoms with Crippen LogP contribution in [0, 0.1) is 17.8 Å². The molecule has 1 rings (SSSR count). The van der Waals surface area contributed by atoms with Crippen LogP contribution in [0.5, 0.6) is 0 Å². The number of allylic oxidation sites excluding steroid dienone is 2. The molecule has 1 aliphatic carbocycles. The van der Waals surface area contributed by atoms with Gasteiger partial charge in [0.2, 0.25) is 0 Å². The molecule has 0 aromatic rings. The van der Waals surface area contributed by atoms with E-state index in [2.05, 4.69) is 25.5 Å². The summed E-state index contributed by atoms with van der Waals surface area (Å²) in [5.41, 5.74) is 0. The van der Waals surface area contributed by atoms with E-state index in [4.69, 9.17) is 9.47 Å². The number of ether oxygens (including phenoxy) is 6. The second-order valence-corrected chi connectivity index (χ2v) is 8.42. The molecule has 0 bridgehead atoms. The van der Waals surface area contributed by atoms with E-state index in [0.717, 1.165) is 25.7 Å². The van der Waals surface area contributed by atoms with Crippen LogP contribution in [0.2, 0.25) is 0 Å². The highest BCUT2D eigenvalue weighted by Crippen LogP contribution is 2.31. The van der Waals surface area contributed by atoms with Crippen LogP contribution in [0.25, 0.3) is 0 Å². The fourth-order valence-electron chi connectivity index (χ4n) is 3.04. The normalized spacial score (nSPS) is 17.0. The molecule has 1 aliphatic rings. The molecule has 42 heavy (non-hydrogen) atoms. The largest absolute Gasteiger partial charge is 0.469 e. The maximum Gasteiger partial charge on any atom is 0.330 e. The molecule has 0 aromatic heterocycles. The summed E-state index contributed by atoms with van der Waals surface area (Å²) in [6.45, 7) is 8.12. The monoisotopic (exact) mass is 596 g/mol. The quantitative estimate of drug-likeness (QED) is 0.0763. The Bertz CT molecular complexity index is 924. The van der Waals surface area contributed by atoms with Crippen LogP contribution in [-0.2, 0) is 57.2 Å². The fraction of sp³-hybridized carbons (Fsp3) is 0.533. The number of methoxy groups -OCH3 is 4. The molecular formula is C30H44O12. The molecule has 3 atom stereocenters. The molecule has 0 fully saturated rings. The van der Waals surface area contributed by atoms with Crippen molar-refractivity contribution in [1.82, 2.24) is 0 Å². The lowest BCUT2D eigenvalue weighted by atomic mass is 9.79. The Kier molecular flexibility index (Phi) is 24.5. The number of esters is 6. The van der Waals surface area contributed by atoms with Crippen molar-refractivity contribution in [3.05, 3.63) is 49.1 Å². The molecule has 0 saturated heterocycles. The minimum Gasteiger partial charge on any atom is -0.469 e. The van der Waals surface area contributed by atoms with Crippen LogP contribution in [-0.4, -0.2) is 77.5 Å². The second-order valence-electron chi connectivity index (χ2n) is 8.42. The van der Waals surface area contributed by atoms with Crippen molar-refractivity contribution in [3.8, 4) is 0 Å². The Labute approximate surface area is 247 Å². The smallest absolute Gasteiger partial charge is 0.330 e. The first-order chi connectivity index (χ1) is 20.1. The van der Waals surface area contributed by atoms with Crippen molar-refractivity contribution in [2.45, 2.75) is 46.0 Å². The lowest BCUT2D eigenvalue weighted by Crippen LogP contribution is -2.36. The lowest BCUT2D eigenvalue weighted by Gasteiger charge is -2.27. The van der Waals surface area contributed by atoms with Crippen molar-refractivity contribution in [3.63, 3.8) is 0 Å². The third-order valence-corrected chi connectivity index (χ3v) is 5.40. The predicted molar refractivity (Wildman–Crippen MR) is 153 cm³/mol. The van der Waals surface area contributed by atoms with Gasteiger partial charge in [0.15, 0.2) is 0 Å². The van der Waals surface area contributed by atoms with Gasteiger partial charge >= 0.3 is 35.8 Å². The third-order valence-electron chi connectivity index (χ3n) is 5.40. The fourth-order valence-corrected chi connectivity index (χ4v) is 3.04. The summed E-state index contributed by atoms with van der Waals surface area (Å²) in [7, 11) is 5.10. The zero-order valence-corrected chi connectivity index (χ0v) is 25.3. The molecule has 0 aliphatic heterocycles. The average Bonchev–Trinajstić information content (AvgIpc) is 3.02. The first-order valence-corrected chi connectivity index (χ1v) is 13.4. The molecular weight excluding hydrogens is 552 g/mol. The van der Waals surface area contributed by atoms with Gasteiger partial charge in [0.1, 0.15) is 0 Å². The standard InChI is InChI=1S/C15H22O6.C8H10O4.C7H12O2/c1-4-5-8-21-15(18)12-9-10(13(16)19-2)6-7-11(12)14(17)20-3;1-11-7(9)5-3-4-6-8(10)12-2;1-3-5-6-9-7(8)4-2/h6-7,10-12H,4-5,8-9H2,1-3H3;3-6H,1-2H3;4H,2-3,5-6H2,1H3/b;5-3+,6-4+;. The van der Waals surface area contributed by atoms with E-state index in [1.165, 1.54) is 64.9 Å². The first kappa shape index (κ1) is 39.9. The highest BCUT2D eigenvalue weighted by atomic mass is 16.5. The molecule has 3 unspecified atom stereocenters. The number of hydrogen-bond acceptors (Lipinski definition) is 12. The van der Waals surface area contributed by atoms with Crippen LogP contribution in [0.1, 0.15) is 46.0 Å². The molecule has 12 nitrogen and oxygen atoms in total. The summed E-state index contributed by atoms with van der Waals surface area (Å²) in [4.78, 5) is 66.8. The Morgan fingerprint density at radius 3 is 1.62 bits per heavy atom. The van der Waals surface area contributed by atoms with Gasteiger partial charge in [-0.25, -0.2) is 14.4 Å². The predicted octanol–water partition coefficient (Wildman–Crippen LogP) is 3.44. The van der Waals surface area contributed by atoms with Crippen molar-refractivity contribution < 1.29 is 57.2 Å². The van der Waals surface area contributed by atoms with E-state index < -0.39 is 47.6 Å². The minimum absolute atomic E-state index is 0.188. The number of rotatable bonds is 13. The van der Waals surface area contributed by atoms with E-state index in [-0.39, 0.29) is 12.4 Å². The van der Waals surface area contributed by atoms with Crippen molar-refractivity contribution in [2.24, 2.45) is 17.8 Å². The van der Waals surface area contributed by atoms with Gasteiger partial charge in [-0.1, -0.05) is 57.6 Å². The zero-order valence-electron chi connectivity index (χ0n) is 25.3. The average molecular weight is 597 g/mol. The second kappa shape index (κ2) is 25.7. The van der Waals surface area contributed by atoms with Gasteiger partial charge in [0.05, 0.1) is 59.4 Å². The summed E-state index contributed by atoms with van der Waals surface area (Å²) in [5.74, 6) is -4.66. The Hall–Kier alpha value is -4.22. The summed E-state index contributed by atoms with van der Waals surface area (Å²) < 4.78 is 27.8. The highest BCUT2D eigenvalue weighted by Gasteiger charge is 2.40. The summed E-state index contributed by atoms with van der Waals surface area (Å²) in [6.07, 6.45) is 13.3. The maximum absolute atomic E-state index is 12.1. The Balaban J connectivity index is 0. The zero-order chi connectivity index (χ0) is 32.3. The van der Waals surface area contributed by atoms with Crippen molar-refractivity contribution in [1.29, 1.82) is 0 Å². The minimum atomic E-state index is -0.719. The van der Waals surface area contributed by atoms with Crippen LogP contribution >= 0.6 is 0 Å². The molecule has 0 radical (unpaired) electrons. The number of carbonyl (C=O) groups is 6. The van der Waals surface area contributed by atoms with Crippen molar-refractivity contribution in [2.75, 3.05) is 41.7 Å². The van der Waals surface area contributed by atoms with E-state index in [1.807, 2.05) is 13.8 Å². The van der Waals surface area contributed by atoms with Gasteiger partial charge < -0.3 is 28.4 Å². The number of unbranched alkanes of at least 4 members (excludes halogenated alkanes) is 2. The van der Waals surface area contributed by atoms with Crippen LogP contribution in [0.4, 0.5) is 0 Å². The van der Waals surface area contributed by atoms with Gasteiger partial charge in [-0.3, -0.25) is 14.4 Å². The van der Waals surface area contributed by atoms with Gasteiger partial charge in [0, 0.05) is 18.2 Å². The SMILES string of the molecule is C=CC(=O)OCCCC.CCCCOC(=O)C1CC(C(=O)OC)C=CC1C(=O)OC.COC(=O)/C=C/C=C/C(=O)OC. The molecule has 0 N–H and O–H groups in total. The first-order valence-electron chi connectivity index (χ1n) is 13.4. The van der Waals surface area contributed by atoms with Gasteiger partial charge in [0.25, 0.3) is 0 Å². The van der Waals surface area contributed by atoms with E-state index >= 15 is 0 Å². The molecule has 236 valence electrons. The highest BCUT2D eigenvalue weighted by molar-refractivity contribution is 5.86. The topological polar surface area (TPSA) is 158 Å². The van der Waals surface area contributed by atoms with Gasteiger partial charge in [-0.15, -0.1) is 0 Å². The molecule has 0 aromatic carbocycles. The third kappa shape index (κ3) is 19.0. The summed E-state index contributed by atoms with van der Waals surface area (Å²) in [5, 5.41) is 0. The van der Waals surface area contributed by atoms with Gasteiger partial charge in [-0.2, -0.15) is 0 Å². The summed E-state index contributed by atoms with van der Waals surface area (Å²) in [6, 6.07) is 0. The van der Waals surface area contributed by atoms with Crippen LogP contribution in [0.15, 0.2) is 49.1 Å². The maximum atomic E-state index is 12.1. The molecule has 12 heteroatoms. The number of carbonyl (C=O) groups excluding carboxylic acids is 6. The summed E-state index contributed by atoms with van der Waals surface area (Å²) >= 11 is 0. The van der Waals surface area contributed by atoms with Crippen LogP contribution < -0.4 is 0 Å². The van der Waals surface area contributed by atoms with E-state index in [1.54, 1.807) is 6.08 Å². The van der Waals surface area contributed by atoms with E-state index in [9.17, 15) is 28.8 Å². The van der Waals surface area contributed by atoms with Crippen molar-refractivity contribution >= 4 is 35.8 Å². The lowest BCUT2D eigenvalue weighted by molar-refractivity contribution is -0.160. The molecule has 0 amide bonds. The molecule has 0 spiro atoms. The van der Waals surface area contributed by atoms with Crippen LogP contribution in [0.3, 0.4) is 0 Å². The Morgan fingerprint density at radius 2 is 1.19 bits per heavy atom. The number of hydrogen-bond donors (Lipinski definition) is 0. The Morgan fingerprint density at radius 1 is 0.690 bits per heavy atom. The van der Waals surface area contributed by atoms with E-state index in [0.29, 0.717) is 13.2 Å². The molecule has 0 saturated carbocycles.